The summed E-state index contributed by atoms with van der Waals surface area (Å²) in [5, 5.41) is 0. The van der Waals surface area contributed by atoms with Crippen LogP contribution in [-0.2, 0) is 15.1 Å². The molecule has 0 radical (unpaired) electrons. The number of esters is 1. The molecule has 0 aliphatic carbocycles. The number of rotatable bonds is 4. The van der Waals surface area contributed by atoms with Crippen molar-refractivity contribution in [1.29, 1.82) is 0 Å². The summed E-state index contributed by atoms with van der Waals surface area (Å²) < 4.78 is 22.8. The SMILES string of the molecule is COC(=O)C[C@@](C)(N)c1cc(F)cc(OC)c1. The first-order chi connectivity index (χ1) is 7.89. The Morgan fingerprint density at radius 3 is 2.59 bits per heavy atom. The van der Waals surface area contributed by atoms with Gasteiger partial charge in [0.1, 0.15) is 11.6 Å². The molecule has 0 amide bonds. The number of carbonyl (C=O) groups excluding carboxylic acids is 1. The van der Waals surface area contributed by atoms with Gasteiger partial charge in [-0.25, -0.2) is 4.39 Å². The highest BCUT2D eigenvalue weighted by Crippen LogP contribution is 2.26. The number of hydrogen-bond acceptors (Lipinski definition) is 4. The summed E-state index contributed by atoms with van der Waals surface area (Å²) in [5.41, 5.74) is 5.47. The van der Waals surface area contributed by atoms with E-state index in [1.807, 2.05) is 0 Å². The largest absolute Gasteiger partial charge is 0.497 e. The van der Waals surface area contributed by atoms with Crippen molar-refractivity contribution in [2.45, 2.75) is 18.9 Å². The van der Waals surface area contributed by atoms with E-state index < -0.39 is 17.3 Å². The second-order valence-corrected chi connectivity index (χ2v) is 4.05. The zero-order chi connectivity index (χ0) is 13.1. The van der Waals surface area contributed by atoms with E-state index >= 15 is 0 Å². The Morgan fingerprint density at radius 2 is 2.06 bits per heavy atom. The molecule has 17 heavy (non-hydrogen) atoms. The molecule has 0 aliphatic rings. The van der Waals surface area contributed by atoms with E-state index in [4.69, 9.17) is 10.5 Å². The Kier molecular flexibility index (Phi) is 4.07. The Morgan fingerprint density at radius 1 is 1.41 bits per heavy atom. The number of ether oxygens (including phenoxy) is 2. The van der Waals surface area contributed by atoms with E-state index in [0.29, 0.717) is 11.3 Å². The minimum atomic E-state index is -0.998. The molecule has 1 aromatic rings. The number of benzene rings is 1. The second-order valence-electron chi connectivity index (χ2n) is 4.05. The summed E-state index contributed by atoms with van der Waals surface area (Å²) in [6.45, 7) is 1.64. The van der Waals surface area contributed by atoms with Crippen LogP contribution in [0.4, 0.5) is 4.39 Å². The molecule has 0 aliphatic heterocycles. The molecular weight excluding hydrogens is 225 g/mol. The van der Waals surface area contributed by atoms with Gasteiger partial charge in [-0.3, -0.25) is 4.79 Å². The quantitative estimate of drug-likeness (QED) is 0.813. The summed E-state index contributed by atoms with van der Waals surface area (Å²) in [4.78, 5) is 11.2. The van der Waals surface area contributed by atoms with Crippen molar-refractivity contribution >= 4 is 5.97 Å². The molecule has 0 aromatic heterocycles. The molecule has 94 valence electrons. The topological polar surface area (TPSA) is 61.5 Å². The van der Waals surface area contributed by atoms with E-state index in [1.165, 1.54) is 26.4 Å². The van der Waals surface area contributed by atoms with Gasteiger partial charge in [0.2, 0.25) is 0 Å². The van der Waals surface area contributed by atoms with Crippen molar-refractivity contribution in [3.8, 4) is 5.75 Å². The molecule has 0 fully saturated rings. The molecule has 5 heteroatoms. The van der Waals surface area contributed by atoms with Gasteiger partial charge in [0.15, 0.2) is 0 Å². The molecule has 1 rings (SSSR count). The molecule has 0 saturated heterocycles. The molecule has 0 unspecified atom stereocenters. The van der Waals surface area contributed by atoms with E-state index in [1.54, 1.807) is 13.0 Å². The van der Waals surface area contributed by atoms with Gasteiger partial charge in [-0.2, -0.15) is 0 Å². The van der Waals surface area contributed by atoms with Crippen molar-refractivity contribution < 1.29 is 18.7 Å². The smallest absolute Gasteiger partial charge is 0.307 e. The van der Waals surface area contributed by atoms with E-state index in [0.717, 1.165) is 0 Å². The molecule has 0 bridgehead atoms. The molecular formula is C12H16FNO3. The van der Waals surface area contributed by atoms with Gasteiger partial charge >= 0.3 is 5.97 Å². The van der Waals surface area contributed by atoms with Gasteiger partial charge in [0.05, 0.1) is 20.6 Å². The minimum Gasteiger partial charge on any atom is -0.497 e. The Hall–Kier alpha value is -1.62. The molecule has 1 atom stereocenters. The van der Waals surface area contributed by atoms with Crippen LogP contribution in [0.3, 0.4) is 0 Å². The van der Waals surface area contributed by atoms with Crippen LogP contribution in [0.5, 0.6) is 5.75 Å². The molecule has 0 saturated carbocycles. The molecule has 0 heterocycles. The normalized spacial score (nSPS) is 13.9. The highest BCUT2D eigenvalue weighted by Gasteiger charge is 2.26. The fourth-order valence-corrected chi connectivity index (χ4v) is 1.48. The first kappa shape index (κ1) is 13.4. The third kappa shape index (κ3) is 3.42. The number of nitrogens with two attached hydrogens (primary N) is 1. The molecule has 2 N–H and O–H groups in total. The Labute approximate surface area is 99.5 Å². The van der Waals surface area contributed by atoms with E-state index in [2.05, 4.69) is 4.74 Å². The third-order valence-corrected chi connectivity index (χ3v) is 2.51. The Bertz CT molecular complexity index is 418. The third-order valence-electron chi connectivity index (χ3n) is 2.51. The lowest BCUT2D eigenvalue weighted by molar-refractivity contribution is -0.141. The van der Waals surface area contributed by atoms with Crippen LogP contribution in [0.1, 0.15) is 18.9 Å². The maximum Gasteiger partial charge on any atom is 0.307 e. The lowest BCUT2D eigenvalue weighted by Crippen LogP contribution is -2.36. The van der Waals surface area contributed by atoms with Gasteiger partial charge in [0, 0.05) is 11.6 Å². The number of carbonyl (C=O) groups is 1. The highest BCUT2D eigenvalue weighted by molar-refractivity contribution is 5.71. The summed E-state index contributed by atoms with van der Waals surface area (Å²) in [7, 11) is 2.72. The van der Waals surface area contributed by atoms with Gasteiger partial charge in [-0.05, 0) is 24.6 Å². The van der Waals surface area contributed by atoms with E-state index in [-0.39, 0.29) is 6.42 Å². The van der Waals surface area contributed by atoms with Crippen molar-refractivity contribution in [2.24, 2.45) is 5.73 Å². The van der Waals surface area contributed by atoms with Gasteiger partial charge in [-0.1, -0.05) is 0 Å². The maximum atomic E-state index is 13.3. The maximum absolute atomic E-state index is 13.3. The Balaban J connectivity index is 3.04. The van der Waals surface area contributed by atoms with Crippen LogP contribution in [0.15, 0.2) is 18.2 Å². The van der Waals surface area contributed by atoms with Crippen molar-refractivity contribution in [2.75, 3.05) is 14.2 Å². The predicted molar refractivity (Wildman–Crippen MR) is 61.1 cm³/mol. The van der Waals surface area contributed by atoms with Crippen LogP contribution in [0, 0.1) is 5.82 Å². The molecule has 1 aromatic carbocycles. The number of halogens is 1. The standard InChI is InChI=1S/C12H16FNO3/c1-12(14,7-11(15)17-3)8-4-9(13)6-10(5-8)16-2/h4-6H,7,14H2,1-3H3/t12-/m1/s1. The van der Waals surface area contributed by atoms with Crippen molar-refractivity contribution in [3.63, 3.8) is 0 Å². The van der Waals surface area contributed by atoms with Gasteiger partial charge in [0.25, 0.3) is 0 Å². The molecule has 4 nitrogen and oxygen atoms in total. The van der Waals surface area contributed by atoms with Crippen molar-refractivity contribution in [1.82, 2.24) is 0 Å². The van der Waals surface area contributed by atoms with Gasteiger partial charge in [-0.15, -0.1) is 0 Å². The fourth-order valence-electron chi connectivity index (χ4n) is 1.48. The van der Waals surface area contributed by atoms with Crippen LogP contribution >= 0.6 is 0 Å². The summed E-state index contributed by atoms with van der Waals surface area (Å²) >= 11 is 0. The monoisotopic (exact) mass is 241 g/mol. The average Bonchev–Trinajstić information content (AvgIpc) is 2.27. The average molecular weight is 241 g/mol. The number of methoxy groups -OCH3 is 2. The number of hydrogen-bond donors (Lipinski definition) is 1. The van der Waals surface area contributed by atoms with Crippen LogP contribution in [0.25, 0.3) is 0 Å². The predicted octanol–water partition coefficient (Wildman–Crippen LogP) is 1.57. The summed E-state index contributed by atoms with van der Waals surface area (Å²) in [5.74, 6) is -0.541. The lowest BCUT2D eigenvalue weighted by Gasteiger charge is -2.24. The van der Waals surface area contributed by atoms with Crippen molar-refractivity contribution in [3.05, 3.63) is 29.6 Å². The highest BCUT2D eigenvalue weighted by atomic mass is 19.1. The van der Waals surface area contributed by atoms with Crippen LogP contribution < -0.4 is 10.5 Å². The zero-order valence-electron chi connectivity index (χ0n) is 10.1. The first-order valence-electron chi connectivity index (χ1n) is 5.10. The first-order valence-corrected chi connectivity index (χ1v) is 5.10. The fraction of sp³-hybridized carbons (Fsp3) is 0.417. The second kappa shape index (κ2) is 5.14. The van der Waals surface area contributed by atoms with E-state index in [9.17, 15) is 9.18 Å². The lowest BCUT2D eigenvalue weighted by atomic mass is 9.89. The minimum absolute atomic E-state index is 0.0316. The van der Waals surface area contributed by atoms with Gasteiger partial charge < -0.3 is 15.2 Å². The van der Waals surface area contributed by atoms with Crippen LogP contribution in [0.2, 0.25) is 0 Å². The van der Waals surface area contributed by atoms with Crippen LogP contribution in [-0.4, -0.2) is 20.2 Å². The summed E-state index contributed by atoms with van der Waals surface area (Å²) in [6.07, 6.45) is -0.0316. The summed E-state index contributed by atoms with van der Waals surface area (Å²) in [6, 6.07) is 4.13. The molecule has 0 spiro atoms. The zero-order valence-corrected chi connectivity index (χ0v) is 10.1.